The number of carbonyl (C=O) groups is 1. The highest BCUT2D eigenvalue weighted by atomic mass is 35.5. The van der Waals surface area contributed by atoms with Gasteiger partial charge in [0, 0.05) is 16.4 Å². The van der Waals surface area contributed by atoms with E-state index in [0.717, 1.165) is 4.52 Å². The Bertz CT molecular complexity index is 896. The van der Waals surface area contributed by atoms with Crippen molar-refractivity contribution in [3.63, 3.8) is 0 Å². The second kappa shape index (κ2) is 5.88. The quantitative estimate of drug-likeness (QED) is 0.796. The predicted molar refractivity (Wildman–Crippen MR) is 79.9 cm³/mol. The van der Waals surface area contributed by atoms with Gasteiger partial charge in [-0.3, -0.25) is 4.79 Å². The number of nitrogens with one attached hydrogen (secondary N) is 1. The molecule has 1 aromatic carbocycles. The standard InChI is InChI=1S/C14H10ClF2N5O/c1-7-5-10(11(16)17)22-14(18-7)20-12(21-22)13(23)19-9-4-2-3-8(15)6-9/h2-6,11H,1H3,(H,19,23). The van der Waals surface area contributed by atoms with Crippen LogP contribution in [0.2, 0.25) is 5.02 Å². The van der Waals surface area contributed by atoms with Crippen LogP contribution in [-0.2, 0) is 0 Å². The molecule has 0 saturated heterocycles. The first-order chi connectivity index (χ1) is 10.9. The first kappa shape index (κ1) is 15.3. The maximum Gasteiger partial charge on any atom is 0.295 e. The molecule has 0 bridgehead atoms. The number of rotatable bonds is 3. The summed E-state index contributed by atoms with van der Waals surface area (Å²) < 4.78 is 27.0. The van der Waals surface area contributed by atoms with E-state index in [0.29, 0.717) is 16.4 Å². The lowest BCUT2D eigenvalue weighted by Gasteiger charge is -2.03. The number of hydrogen-bond donors (Lipinski definition) is 1. The Morgan fingerprint density at radius 3 is 2.78 bits per heavy atom. The lowest BCUT2D eigenvalue weighted by atomic mass is 10.3. The van der Waals surface area contributed by atoms with Gasteiger partial charge < -0.3 is 5.32 Å². The van der Waals surface area contributed by atoms with E-state index in [2.05, 4.69) is 20.4 Å². The zero-order valence-corrected chi connectivity index (χ0v) is 12.6. The van der Waals surface area contributed by atoms with Crippen LogP contribution in [-0.4, -0.2) is 25.5 Å². The van der Waals surface area contributed by atoms with E-state index >= 15 is 0 Å². The van der Waals surface area contributed by atoms with Gasteiger partial charge in [-0.2, -0.15) is 9.50 Å². The number of hydrogen-bond acceptors (Lipinski definition) is 4. The normalized spacial score (nSPS) is 11.2. The van der Waals surface area contributed by atoms with Crippen LogP contribution >= 0.6 is 11.6 Å². The van der Waals surface area contributed by atoms with Gasteiger partial charge in [0.15, 0.2) is 0 Å². The van der Waals surface area contributed by atoms with Gasteiger partial charge in [0.2, 0.25) is 5.82 Å². The van der Waals surface area contributed by atoms with Crippen molar-refractivity contribution in [1.82, 2.24) is 19.6 Å². The highest BCUT2D eigenvalue weighted by Crippen LogP contribution is 2.20. The molecule has 118 valence electrons. The topological polar surface area (TPSA) is 72.2 Å². The number of benzene rings is 1. The number of amides is 1. The lowest BCUT2D eigenvalue weighted by Crippen LogP contribution is -2.14. The average molecular weight is 338 g/mol. The molecule has 1 N–H and O–H groups in total. The molecule has 9 heteroatoms. The Kier molecular flexibility index (Phi) is 3.91. The van der Waals surface area contributed by atoms with Crippen LogP contribution in [0.5, 0.6) is 0 Å². The molecule has 3 aromatic rings. The number of aryl methyl sites for hydroxylation is 1. The highest BCUT2D eigenvalue weighted by molar-refractivity contribution is 6.30. The number of halogens is 3. The van der Waals surface area contributed by atoms with Crippen LogP contribution in [0.4, 0.5) is 14.5 Å². The summed E-state index contributed by atoms with van der Waals surface area (Å²) in [5.74, 6) is -0.961. The minimum atomic E-state index is -2.76. The fourth-order valence-electron chi connectivity index (χ4n) is 2.02. The van der Waals surface area contributed by atoms with E-state index in [9.17, 15) is 13.6 Å². The van der Waals surface area contributed by atoms with E-state index in [4.69, 9.17) is 11.6 Å². The number of alkyl halides is 2. The summed E-state index contributed by atoms with van der Waals surface area (Å²) in [6, 6.07) is 7.69. The molecule has 0 aliphatic heterocycles. The SMILES string of the molecule is Cc1cc(C(F)F)n2nc(C(=O)Nc3cccc(Cl)c3)nc2n1. The zero-order chi connectivity index (χ0) is 16.6. The molecule has 0 spiro atoms. The number of nitrogens with zero attached hydrogens (tertiary/aromatic N) is 4. The summed E-state index contributed by atoms with van der Waals surface area (Å²) in [6.45, 7) is 1.56. The minimum absolute atomic E-state index is 0.0588. The van der Waals surface area contributed by atoms with Crippen molar-refractivity contribution in [1.29, 1.82) is 0 Å². The second-order valence-corrected chi connectivity index (χ2v) is 5.17. The largest absolute Gasteiger partial charge is 0.319 e. The summed E-state index contributed by atoms with van der Waals surface area (Å²) in [5.41, 5.74) is 0.434. The molecule has 2 aromatic heterocycles. The monoisotopic (exact) mass is 337 g/mol. The van der Waals surface area contributed by atoms with Gasteiger partial charge in [0.25, 0.3) is 18.1 Å². The van der Waals surface area contributed by atoms with Crippen LogP contribution in [0.3, 0.4) is 0 Å². The molecule has 6 nitrogen and oxygen atoms in total. The molecule has 3 rings (SSSR count). The summed E-state index contributed by atoms with van der Waals surface area (Å²) in [4.78, 5) is 20.0. The van der Waals surface area contributed by atoms with Crippen LogP contribution in [0, 0.1) is 6.92 Å². The fourth-order valence-corrected chi connectivity index (χ4v) is 2.21. The Morgan fingerprint density at radius 1 is 1.30 bits per heavy atom. The van der Waals surface area contributed by atoms with E-state index in [1.807, 2.05) is 0 Å². The van der Waals surface area contributed by atoms with Gasteiger partial charge in [0.1, 0.15) is 5.69 Å². The van der Waals surface area contributed by atoms with Gasteiger partial charge in [-0.25, -0.2) is 13.8 Å². The molecule has 1 amide bonds. The number of anilines is 1. The summed E-state index contributed by atoms with van der Waals surface area (Å²) in [5, 5.41) is 6.81. The molecule has 0 aliphatic carbocycles. The van der Waals surface area contributed by atoms with Crippen molar-refractivity contribution >= 4 is 29.0 Å². The van der Waals surface area contributed by atoms with Gasteiger partial charge >= 0.3 is 0 Å². The molecule has 0 saturated carbocycles. The van der Waals surface area contributed by atoms with Gasteiger partial charge in [-0.15, -0.1) is 5.10 Å². The van der Waals surface area contributed by atoms with Crippen molar-refractivity contribution in [2.45, 2.75) is 13.3 Å². The average Bonchev–Trinajstić information content (AvgIpc) is 2.90. The van der Waals surface area contributed by atoms with E-state index in [1.165, 1.54) is 6.07 Å². The van der Waals surface area contributed by atoms with E-state index < -0.39 is 12.3 Å². The van der Waals surface area contributed by atoms with Gasteiger partial charge in [0.05, 0.1) is 0 Å². The number of fused-ring (bicyclic) bond motifs is 1. The molecular formula is C14H10ClF2N5O. The smallest absolute Gasteiger partial charge is 0.295 e. The van der Waals surface area contributed by atoms with Crippen LogP contribution < -0.4 is 5.32 Å². The van der Waals surface area contributed by atoms with Crippen LogP contribution in [0.1, 0.15) is 28.4 Å². The maximum absolute atomic E-state index is 13.0. The molecule has 0 fully saturated rings. The summed E-state index contributed by atoms with van der Waals surface area (Å²) in [6.07, 6.45) is -2.76. The molecule has 2 heterocycles. The third-order valence-electron chi connectivity index (χ3n) is 2.98. The Hall–Kier alpha value is -2.61. The Labute approximate surface area is 134 Å². The van der Waals surface area contributed by atoms with Crippen molar-refractivity contribution in [2.24, 2.45) is 0 Å². The van der Waals surface area contributed by atoms with Crippen molar-refractivity contribution in [3.8, 4) is 0 Å². The maximum atomic E-state index is 13.0. The third kappa shape index (κ3) is 3.11. The molecule has 0 radical (unpaired) electrons. The number of aromatic nitrogens is 4. The molecule has 0 unspecified atom stereocenters. The highest BCUT2D eigenvalue weighted by Gasteiger charge is 2.20. The first-order valence-electron chi connectivity index (χ1n) is 6.53. The van der Waals surface area contributed by atoms with E-state index in [-0.39, 0.29) is 17.3 Å². The summed E-state index contributed by atoms with van der Waals surface area (Å²) in [7, 11) is 0. The molecule has 0 aliphatic rings. The first-order valence-corrected chi connectivity index (χ1v) is 6.91. The number of carbonyl (C=O) groups excluding carboxylic acids is 1. The Morgan fingerprint density at radius 2 is 2.09 bits per heavy atom. The molecule has 23 heavy (non-hydrogen) atoms. The fraction of sp³-hybridized carbons (Fsp3) is 0.143. The van der Waals surface area contributed by atoms with Crippen molar-refractivity contribution in [2.75, 3.05) is 5.32 Å². The van der Waals surface area contributed by atoms with Crippen molar-refractivity contribution in [3.05, 3.63) is 52.6 Å². The second-order valence-electron chi connectivity index (χ2n) is 4.73. The van der Waals surface area contributed by atoms with Gasteiger partial charge in [-0.05, 0) is 31.2 Å². The third-order valence-corrected chi connectivity index (χ3v) is 3.21. The summed E-state index contributed by atoms with van der Waals surface area (Å²) >= 11 is 5.83. The Balaban J connectivity index is 1.97. The zero-order valence-electron chi connectivity index (χ0n) is 11.8. The van der Waals surface area contributed by atoms with Crippen LogP contribution in [0.15, 0.2) is 30.3 Å². The van der Waals surface area contributed by atoms with E-state index in [1.54, 1.807) is 31.2 Å². The van der Waals surface area contributed by atoms with Crippen molar-refractivity contribution < 1.29 is 13.6 Å². The lowest BCUT2D eigenvalue weighted by molar-refractivity contribution is 0.101. The minimum Gasteiger partial charge on any atom is -0.319 e. The molecular weight excluding hydrogens is 328 g/mol. The van der Waals surface area contributed by atoms with Gasteiger partial charge in [-0.1, -0.05) is 17.7 Å². The van der Waals surface area contributed by atoms with Crippen LogP contribution in [0.25, 0.3) is 5.78 Å². The predicted octanol–water partition coefficient (Wildman–Crippen LogP) is 3.28. The molecule has 0 atom stereocenters.